The van der Waals surface area contributed by atoms with Crippen molar-refractivity contribution in [2.24, 2.45) is 0 Å². The van der Waals surface area contributed by atoms with Crippen LogP contribution >= 0.6 is 22.9 Å². The van der Waals surface area contributed by atoms with Gasteiger partial charge in [-0.1, -0.05) is 62.2 Å². The lowest BCUT2D eigenvalue weighted by molar-refractivity contribution is 1.13. The molecule has 0 spiro atoms. The summed E-state index contributed by atoms with van der Waals surface area (Å²) in [6.07, 6.45) is 11.3. The van der Waals surface area contributed by atoms with Crippen molar-refractivity contribution in [1.82, 2.24) is 4.98 Å². The number of aryl methyl sites for hydroxylation is 1. The van der Waals surface area contributed by atoms with Gasteiger partial charge in [-0.2, -0.15) is 0 Å². The van der Waals surface area contributed by atoms with Crippen molar-refractivity contribution in [3.05, 3.63) is 94.7 Å². The van der Waals surface area contributed by atoms with Crippen molar-refractivity contribution in [2.75, 3.05) is 10.2 Å². The molecule has 1 aliphatic heterocycles. The van der Waals surface area contributed by atoms with Gasteiger partial charge in [0.25, 0.3) is 0 Å². The molecule has 0 radical (unpaired) electrons. The zero-order chi connectivity index (χ0) is 20.4. The Kier molecular flexibility index (Phi) is 5.73. The standard InChI is InChI=1S/C23H22ClN3S/c1-7-9-18-14(3)12-25-13-21(18)27-16(5)23-20(26-17(27)6)11-22(28-23)19(10-8-2)15(4)24/h7-13,26H,2,4-6H2,1,3H3/b9-7-,19-10+. The Balaban J connectivity index is 2.11. The maximum absolute atomic E-state index is 6.19. The Morgan fingerprint density at radius 1 is 1.32 bits per heavy atom. The Bertz CT molecular complexity index is 1060. The van der Waals surface area contributed by atoms with E-state index in [1.54, 1.807) is 17.4 Å². The van der Waals surface area contributed by atoms with E-state index in [1.807, 2.05) is 49.4 Å². The molecule has 28 heavy (non-hydrogen) atoms. The summed E-state index contributed by atoms with van der Waals surface area (Å²) in [5.74, 6) is 0.721. The van der Waals surface area contributed by atoms with Crippen LogP contribution in [-0.2, 0) is 0 Å². The first kappa shape index (κ1) is 19.9. The van der Waals surface area contributed by atoms with E-state index in [0.29, 0.717) is 5.03 Å². The number of hydrogen-bond donors (Lipinski definition) is 1. The average molecular weight is 408 g/mol. The van der Waals surface area contributed by atoms with Gasteiger partial charge in [-0.3, -0.25) is 9.88 Å². The lowest BCUT2D eigenvalue weighted by Crippen LogP contribution is -2.29. The summed E-state index contributed by atoms with van der Waals surface area (Å²) < 4.78 is 0. The Morgan fingerprint density at radius 2 is 2.07 bits per heavy atom. The molecule has 3 heterocycles. The fourth-order valence-corrected chi connectivity index (χ4v) is 4.49. The van der Waals surface area contributed by atoms with Crippen molar-refractivity contribution in [3.8, 4) is 0 Å². The highest BCUT2D eigenvalue weighted by molar-refractivity contribution is 7.15. The molecule has 2 aromatic rings. The molecule has 0 aliphatic carbocycles. The Labute approximate surface area is 175 Å². The predicted octanol–water partition coefficient (Wildman–Crippen LogP) is 7.18. The largest absolute Gasteiger partial charge is 0.341 e. The van der Waals surface area contributed by atoms with Crippen LogP contribution in [0.5, 0.6) is 0 Å². The number of rotatable bonds is 5. The van der Waals surface area contributed by atoms with Crippen LogP contribution in [0.15, 0.2) is 73.9 Å². The third-order valence-corrected chi connectivity index (χ3v) is 5.82. The smallest absolute Gasteiger partial charge is 0.108 e. The van der Waals surface area contributed by atoms with Crippen LogP contribution < -0.4 is 10.2 Å². The maximum Gasteiger partial charge on any atom is 0.108 e. The SMILES string of the molecule is C=C/C=C(\C(=C)Cl)c1cc2c(s1)C(=C)N(c1cncc(C)c1/C=C\C)C(=C)N2. The maximum atomic E-state index is 6.19. The number of thiophene rings is 1. The summed E-state index contributed by atoms with van der Waals surface area (Å²) in [7, 11) is 0. The monoisotopic (exact) mass is 407 g/mol. The number of nitrogens with zero attached hydrogens (tertiary/aromatic N) is 2. The molecule has 3 rings (SSSR count). The Hall–Kier alpha value is -2.82. The van der Waals surface area contributed by atoms with E-state index >= 15 is 0 Å². The van der Waals surface area contributed by atoms with Crippen LogP contribution in [0.2, 0.25) is 0 Å². The van der Waals surface area contributed by atoms with E-state index in [0.717, 1.165) is 49.3 Å². The third-order valence-electron chi connectivity index (χ3n) is 4.40. The number of aromatic nitrogens is 1. The highest BCUT2D eigenvalue weighted by atomic mass is 35.5. The van der Waals surface area contributed by atoms with Crippen LogP contribution in [0, 0.1) is 6.92 Å². The number of halogens is 1. The Morgan fingerprint density at radius 3 is 2.71 bits per heavy atom. The summed E-state index contributed by atoms with van der Waals surface area (Å²) in [6, 6.07) is 2.04. The second-order valence-electron chi connectivity index (χ2n) is 6.32. The molecule has 0 aromatic carbocycles. The summed E-state index contributed by atoms with van der Waals surface area (Å²) in [5.41, 5.74) is 5.74. The molecule has 1 aliphatic rings. The highest BCUT2D eigenvalue weighted by Crippen LogP contribution is 2.46. The van der Waals surface area contributed by atoms with Gasteiger partial charge in [0.15, 0.2) is 0 Å². The molecule has 3 nitrogen and oxygen atoms in total. The summed E-state index contributed by atoms with van der Waals surface area (Å²) in [5, 5.41) is 3.86. The van der Waals surface area contributed by atoms with Gasteiger partial charge in [0.2, 0.25) is 0 Å². The van der Waals surface area contributed by atoms with Crippen LogP contribution in [0.25, 0.3) is 17.3 Å². The van der Waals surface area contributed by atoms with Crippen molar-refractivity contribution in [1.29, 1.82) is 0 Å². The van der Waals surface area contributed by atoms with Gasteiger partial charge in [0.05, 0.1) is 28.1 Å². The van der Waals surface area contributed by atoms with Crippen LogP contribution in [0.1, 0.15) is 27.8 Å². The van der Waals surface area contributed by atoms with Crippen molar-refractivity contribution < 1.29 is 0 Å². The predicted molar refractivity (Wildman–Crippen MR) is 125 cm³/mol. The fraction of sp³-hybridized carbons (Fsp3) is 0.0870. The van der Waals surface area contributed by atoms with Gasteiger partial charge >= 0.3 is 0 Å². The van der Waals surface area contributed by atoms with E-state index in [2.05, 4.69) is 42.7 Å². The molecule has 5 heteroatoms. The molecular weight excluding hydrogens is 386 g/mol. The lowest BCUT2D eigenvalue weighted by Gasteiger charge is -2.34. The van der Waals surface area contributed by atoms with E-state index < -0.39 is 0 Å². The highest BCUT2D eigenvalue weighted by Gasteiger charge is 2.28. The quantitative estimate of drug-likeness (QED) is 0.532. The minimum atomic E-state index is 0.470. The molecule has 0 atom stereocenters. The second kappa shape index (κ2) is 8.05. The summed E-state index contributed by atoms with van der Waals surface area (Å²) in [4.78, 5) is 8.39. The zero-order valence-electron chi connectivity index (χ0n) is 16.1. The van der Waals surface area contributed by atoms with E-state index in [-0.39, 0.29) is 0 Å². The molecule has 2 aromatic heterocycles. The van der Waals surface area contributed by atoms with Gasteiger partial charge in [0.1, 0.15) is 5.82 Å². The van der Waals surface area contributed by atoms with E-state index in [9.17, 15) is 0 Å². The van der Waals surface area contributed by atoms with Crippen LogP contribution in [-0.4, -0.2) is 4.98 Å². The number of anilines is 2. The molecule has 142 valence electrons. The second-order valence-corrected chi connectivity index (χ2v) is 7.83. The minimum Gasteiger partial charge on any atom is -0.341 e. The topological polar surface area (TPSA) is 28.2 Å². The van der Waals surface area contributed by atoms with Gasteiger partial charge in [-0.25, -0.2) is 0 Å². The molecule has 0 saturated carbocycles. The molecule has 0 amide bonds. The van der Waals surface area contributed by atoms with Crippen molar-refractivity contribution >= 4 is 51.7 Å². The fourth-order valence-electron chi connectivity index (χ4n) is 3.14. The first-order valence-electron chi connectivity index (χ1n) is 8.73. The minimum absolute atomic E-state index is 0.470. The number of allylic oxidation sites excluding steroid dienone is 5. The number of pyridine rings is 1. The van der Waals surface area contributed by atoms with Crippen LogP contribution in [0.3, 0.4) is 0 Å². The molecule has 0 unspecified atom stereocenters. The normalized spacial score (nSPS) is 14.2. The first-order valence-corrected chi connectivity index (χ1v) is 9.92. The van der Waals surface area contributed by atoms with Crippen molar-refractivity contribution in [2.45, 2.75) is 13.8 Å². The molecule has 0 saturated heterocycles. The van der Waals surface area contributed by atoms with Gasteiger partial charge in [-0.05, 0) is 25.5 Å². The van der Waals surface area contributed by atoms with E-state index in [4.69, 9.17) is 11.6 Å². The molecule has 1 N–H and O–H groups in total. The zero-order valence-corrected chi connectivity index (χ0v) is 17.6. The van der Waals surface area contributed by atoms with Gasteiger partial charge in [0, 0.05) is 27.2 Å². The van der Waals surface area contributed by atoms with Gasteiger partial charge < -0.3 is 5.32 Å². The number of hydrogen-bond acceptors (Lipinski definition) is 4. The summed E-state index contributed by atoms with van der Waals surface area (Å²) >= 11 is 7.79. The van der Waals surface area contributed by atoms with Crippen LogP contribution in [0.4, 0.5) is 11.4 Å². The molecular formula is C23H22ClN3S. The average Bonchev–Trinajstić information content (AvgIpc) is 3.05. The molecule has 0 bridgehead atoms. The number of nitrogens with one attached hydrogen (secondary N) is 1. The third kappa shape index (κ3) is 3.49. The first-order chi connectivity index (χ1) is 13.4. The lowest BCUT2D eigenvalue weighted by atomic mass is 10.1. The van der Waals surface area contributed by atoms with E-state index in [1.165, 1.54) is 0 Å². The summed E-state index contributed by atoms with van der Waals surface area (Å²) in [6.45, 7) is 20.2. The van der Waals surface area contributed by atoms with Gasteiger partial charge in [-0.15, -0.1) is 11.3 Å². The molecule has 0 fully saturated rings. The van der Waals surface area contributed by atoms with Crippen molar-refractivity contribution in [3.63, 3.8) is 0 Å². The number of fused-ring (bicyclic) bond motifs is 1.